The van der Waals surface area contributed by atoms with Gasteiger partial charge in [-0.3, -0.25) is 9.59 Å². The molecule has 0 atom stereocenters. The molecule has 27 heavy (non-hydrogen) atoms. The first-order valence-electron chi connectivity index (χ1n) is 8.04. The van der Waals surface area contributed by atoms with Gasteiger partial charge in [-0.05, 0) is 43.3 Å². The van der Waals surface area contributed by atoms with Crippen LogP contribution in [0.4, 0.5) is 5.69 Å². The van der Waals surface area contributed by atoms with E-state index in [9.17, 15) is 9.59 Å². The molecule has 0 unspecified atom stereocenters. The van der Waals surface area contributed by atoms with Crippen LogP contribution in [0.25, 0.3) is 17.3 Å². The maximum absolute atomic E-state index is 12.6. The Morgan fingerprint density at radius 1 is 1.11 bits per heavy atom. The number of hydrogen-bond acceptors (Lipinski definition) is 5. The number of halogens is 1. The highest BCUT2D eigenvalue weighted by atomic mass is 35.5. The molecule has 2 aromatic heterocycles. The van der Waals surface area contributed by atoms with Gasteiger partial charge < -0.3 is 9.73 Å². The van der Waals surface area contributed by atoms with Gasteiger partial charge in [0.25, 0.3) is 5.91 Å². The molecular formula is C19H13ClN4O3. The summed E-state index contributed by atoms with van der Waals surface area (Å²) in [6.07, 6.45) is 1.25. The van der Waals surface area contributed by atoms with Crippen LogP contribution in [0.1, 0.15) is 15.9 Å². The number of carbonyl (C=O) groups excluding carboxylic acids is 1. The first kappa shape index (κ1) is 17.0. The van der Waals surface area contributed by atoms with Crippen molar-refractivity contribution in [3.05, 3.63) is 81.2 Å². The van der Waals surface area contributed by atoms with E-state index in [1.54, 1.807) is 24.3 Å². The molecule has 0 spiro atoms. The lowest BCUT2D eigenvalue weighted by Crippen LogP contribution is -2.23. The van der Waals surface area contributed by atoms with Crippen molar-refractivity contribution in [2.45, 2.75) is 6.92 Å². The van der Waals surface area contributed by atoms with E-state index in [4.69, 9.17) is 16.0 Å². The molecule has 4 aromatic rings. The second kappa shape index (κ2) is 6.69. The number of anilines is 1. The maximum Gasteiger partial charge on any atom is 0.328 e. The molecule has 2 aromatic carbocycles. The van der Waals surface area contributed by atoms with Crippen LogP contribution >= 0.6 is 11.6 Å². The number of benzene rings is 2. The van der Waals surface area contributed by atoms with Gasteiger partial charge in [0.15, 0.2) is 0 Å². The van der Waals surface area contributed by atoms with Gasteiger partial charge in [0, 0.05) is 16.1 Å². The van der Waals surface area contributed by atoms with E-state index in [1.165, 1.54) is 6.20 Å². The van der Waals surface area contributed by atoms with Crippen LogP contribution in [0.5, 0.6) is 0 Å². The standard InChI is InChI=1S/C19H13ClN4O3/c1-11-2-4-13(5-3-11)17-23-24-18(26)15(10-21-19(24)27-17)22-16(25)12-6-8-14(20)9-7-12/h2-10H,1H3,(H,22,25). The minimum absolute atomic E-state index is 0.00351. The summed E-state index contributed by atoms with van der Waals surface area (Å²) in [5.41, 5.74) is 1.64. The van der Waals surface area contributed by atoms with Crippen molar-refractivity contribution in [2.24, 2.45) is 0 Å². The van der Waals surface area contributed by atoms with Crippen LogP contribution in [0, 0.1) is 6.92 Å². The second-order valence-corrected chi connectivity index (χ2v) is 6.34. The zero-order valence-electron chi connectivity index (χ0n) is 14.1. The number of aryl methyl sites for hydroxylation is 1. The Labute approximate surface area is 158 Å². The molecule has 8 heteroatoms. The maximum atomic E-state index is 12.6. The van der Waals surface area contributed by atoms with Crippen LogP contribution < -0.4 is 10.9 Å². The molecule has 0 aliphatic rings. The fourth-order valence-electron chi connectivity index (χ4n) is 2.48. The Balaban J connectivity index is 1.67. The lowest BCUT2D eigenvalue weighted by Gasteiger charge is -2.03. The summed E-state index contributed by atoms with van der Waals surface area (Å²) < 4.78 is 6.57. The molecule has 1 amide bonds. The number of rotatable bonds is 3. The van der Waals surface area contributed by atoms with Gasteiger partial charge in [-0.1, -0.05) is 29.3 Å². The van der Waals surface area contributed by atoms with E-state index in [1.807, 2.05) is 31.2 Å². The van der Waals surface area contributed by atoms with Gasteiger partial charge >= 0.3 is 11.4 Å². The third kappa shape index (κ3) is 3.32. The van der Waals surface area contributed by atoms with Gasteiger partial charge in [0.2, 0.25) is 5.89 Å². The van der Waals surface area contributed by atoms with Crippen molar-refractivity contribution in [1.29, 1.82) is 0 Å². The average molecular weight is 381 g/mol. The molecule has 1 N–H and O–H groups in total. The van der Waals surface area contributed by atoms with Crippen molar-refractivity contribution in [1.82, 2.24) is 14.6 Å². The predicted octanol–water partition coefficient (Wildman–Crippen LogP) is 3.56. The Kier molecular flexibility index (Phi) is 4.21. The summed E-state index contributed by atoms with van der Waals surface area (Å²) in [6, 6.07) is 13.8. The van der Waals surface area contributed by atoms with E-state index in [0.29, 0.717) is 10.6 Å². The molecule has 0 saturated carbocycles. The molecule has 7 nitrogen and oxygen atoms in total. The van der Waals surface area contributed by atoms with Crippen molar-refractivity contribution in [2.75, 3.05) is 5.32 Å². The van der Waals surface area contributed by atoms with Gasteiger partial charge in [0.1, 0.15) is 5.69 Å². The SMILES string of the molecule is Cc1ccc(-c2nn3c(=O)c(NC(=O)c4ccc(Cl)cc4)cnc3o2)cc1. The monoisotopic (exact) mass is 380 g/mol. The van der Waals surface area contributed by atoms with Gasteiger partial charge in [-0.25, -0.2) is 4.98 Å². The second-order valence-electron chi connectivity index (χ2n) is 5.91. The quantitative estimate of drug-likeness (QED) is 0.587. The number of carbonyl (C=O) groups is 1. The molecule has 0 fully saturated rings. The number of fused-ring (bicyclic) bond motifs is 1. The van der Waals surface area contributed by atoms with Crippen LogP contribution in [0.2, 0.25) is 5.02 Å². The van der Waals surface area contributed by atoms with Gasteiger partial charge in [-0.15, -0.1) is 9.61 Å². The fraction of sp³-hybridized carbons (Fsp3) is 0.0526. The van der Waals surface area contributed by atoms with Crippen LogP contribution in [-0.4, -0.2) is 20.5 Å². The largest absolute Gasteiger partial charge is 0.403 e. The molecule has 2 heterocycles. The first-order chi connectivity index (χ1) is 13.0. The Bertz CT molecular complexity index is 1190. The highest BCUT2D eigenvalue weighted by molar-refractivity contribution is 6.30. The van der Waals surface area contributed by atoms with E-state index in [-0.39, 0.29) is 17.4 Å². The molecular weight excluding hydrogens is 368 g/mol. The minimum Gasteiger partial charge on any atom is -0.403 e. The Hall–Kier alpha value is -3.45. The fourth-order valence-corrected chi connectivity index (χ4v) is 2.61. The van der Waals surface area contributed by atoms with E-state index in [2.05, 4.69) is 15.4 Å². The summed E-state index contributed by atoms with van der Waals surface area (Å²) in [7, 11) is 0. The molecule has 0 aliphatic carbocycles. The zero-order valence-corrected chi connectivity index (χ0v) is 14.9. The number of hydrogen-bond donors (Lipinski definition) is 1. The van der Waals surface area contributed by atoms with Crippen LogP contribution in [-0.2, 0) is 0 Å². The molecule has 0 bridgehead atoms. The van der Waals surface area contributed by atoms with E-state index < -0.39 is 11.5 Å². The topological polar surface area (TPSA) is 89.5 Å². The first-order valence-corrected chi connectivity index (χ1v) is 8.42. The smallest absolute Gasteiger partial charge is 0.328 e. The number of aromatic nitrogens is 3. The highest BCUT2D eigenvalue weighted by Crippen LogP contribution is 2.19. The molecule has 134 valence electrons. The lowest BCUT2D eigenvalue weighted by atomic mass is 10.1. The summed E-state index contributed by atoms with van der Waals surface area (Å²) >= 11 is 5.81. The molecule has 4 rings (SSSR count). The zero-order chi connectivity index (χ0) is 19.0. The number of nitrogens with one attached hydrogen (secondary N) is 1. The van der Waals surface area contributed by atoms with E-state index >= 15 is 0 Å². The molecule has 0 saturated heterocycles. The normalized spacial score (nSPS) is 10.9. The summed E-state index contributed by atoms with van der Waals surface area (Å²) in [5.74, 6) is -0.145. The Morgan fingerprint density at radius 2 is 1.81 bits per heavy atom. The molecule has 0 radical (unpaired) electrons. The van der Waals surface area contributed by atoms with E-state index in [0.717, 1.165) is 15.6 Å². The van der Waals surface area contributed by atoms with Crippen LogP contribution in [0.3, 0.4) is 0 Å². The lowest BCUT2D eigenvalue weighted by molar-refractivity contribution is 0.102. The van der Waals surface area contributed by atoms with Crippen molar-refractivity contribution in [3.63, 3.8) is 0 Å². The third-order valence-corrected chi connectivity index (χ3v) is 4.19. The van der Waals surface area contributed by atoms with Crippen molar-refractivity contribution >= 4 is 29.0 Å². The third-order valence-electron chi connectivity index (χ3n) is 3.94. The molecule has 0 aliphatic heterocycles. The van der Waals surface area contributed by atoms with Gasteiger partial charge in [0.05, 0.1) is 6.20 Å². The minimum atomic E-state index is -0.538. The van der Waals surface area contributed by atoms with Gasteiger partial charge in [-0.2, -0.15) is 0 Å². The summed E-state index contributed by atoms with van der Waals surface area (Å²) in [5, 5.41) is 7.22. The summed E-state index contributed by atoms with van der Waals surface area (Å²) in [6.45, 7) is 1.97. The van der Waals surface area contributed by atoms with Crippen molar-refractivity contribution < 1.29 is 9.21 Å². The highest BCUT2D eigenvalue weighted by Gasteiger charge is 2.15. The predicted molar refractivity (Wildman–Crippen MR) is 101 cm³/mol. The summed E-state index contributed by atoms with van der Waals surface area (Å²) in [4.78, 5) is 29.0. The average Bonchev–Trinajstić information content (AvgIpc) is 3.10. The van der Waals surface area contributed by atoms with Crippen LogP contribution in [0.15, 0.2) is 63.9 Å². The Morgan fingerprint density at radius 3 is 2.52 bits per heavy atom. The van der Waals surface area contributed by atoms with Crippen molar-refractivity contribution in [3.8, 4) is 11.5 Å². The number of nitrogens with zero attached hydrogens (tertiary/aromatic N) is 3. The number of amides is 1.